The van der Waals surface area contributed by atoms with Crippen LogP contribution >= 0.6 is 0 Å². The summed E-state index contributed by atoms with van der Waals surface area (Å²) in [4.78, 5) is 36.8. The number of allylic oxidation sites excluding steroid dienone is 1. The van der Waals surface area contributed by atoms with Crippen LogP contribution < -0.4 is 10.6 Å². The van der Waals surface area contributed by atoms with Gasteiger partial charge in [0.1, 0.15) is 12.1 Å². The molecule has 0 aromatic heterocycles. The van der Waals surface area contributed by atoms with E-state index in [0.29, 0.717) is 19.4 Å². The number of carbonyl (C=O) groups is 3. The maximum atomic E-state index is 12.2. The molecule has 1 heterocycles. The first-order valence-electron chi connectivity index (χ1n) is 7.15. The average molecular weight is 297 g/mol. The second-order valence-electron chi connectivity index (χ2n) is 4.94. The fourth-order valence-electron chi connectivity index (χ4n) is 2.30. The van der Waals surface area contributed by atoms with Crippen molar-refractivity contribution >= 4 is 17.8 Å². The number of hydrogen-bond donors (Lipinski definition) is 3. The molecule has 2 amide bonds. The number of carboxylic acid groups (broad SMARTS) is 1. The Labute approximate surface area is 124 Å². The normalized spacial score (nSPS) is 19.7. The lowest BCUT2D eigenvalue weighted by atomic mass is 10.1. The summed E-state index contributed by atoms with van der Waals surface area (Å²) in [6.45, 7) is 2.58. The van der Waals surface area contributed by atoms with E-state index in [1.807, 2.05) is 6.92 Å². The zero-order valence-corrected chi connectivity index (χ0v) is 12.5. The molecule has 7 heteroatoms. The molecule has 1 aliphatic rings. The number of carboxylic acids is 1. The molecule has 3 N–H and O–H groups in total. The van der Waals surface area contributed by atoms with Crippen LogP contribution in [-0.2, 0) is 14.4 Å². The van der Waals surface area contributed by atoms with E-state index in [4.69, 9.17) is 5.11 Å². The van der Waals surface area contributed by atoms with Gasteiger partial charge in [-0.15, -0.1) is 0 Å². The Balaban J connectivity index is 2.70. The number of likely N-dealkylation sites (tertiary alicyclic amines) is 1. The summed E-state index contributed by atoms with van der Waals surface area (Å²) in [5, 5.41) is 14.3. The summed E-state index contributed by atoms with van der Waals surface area (Å²) in [5.74, 6) is -1.67. The smallest absolute Gasteiger partial charge is 0.330 e. The summed E-state index contributed by atoms with van der Waals surface area (Å²) in [6.07, 6.45) is 5.14. The third-order valence-corrected chi connectivity index (χ3v) is 3.33. The fraction of sp³-hybridized carbons (Fsp3) is 0.643. The highest BCUT2D eigenvalue weighted by Gasteiger charge is 2.34. The van der Waals surface area contributed by atoms with Crippen molar-refractivity contribution < 1.29 is 19.5 Å². The standard InChI is InChI=1S/C14H23N3O4/c1-3-4-6-10(14(20)21)16-13(19)11-7-5-8-17(11)12(18)9-15-2/h4,6,10-11,15H,3,5,7-9H2,1-2H3,(H,16,19)(H,20,21)/b6-4-. The minimum Gasteiger partial charge on any atom is -0.479 e. The lowest BCUT2D eigenvalue weighted by molar-refractivity contribution is -0.142. The molecule has 2 atom stereocenters. The maximum absolute atomic E-state index is 12.2. The van der Waals surface area contributed by atoms with Gasteiger partial charge in [0.15, 0.2) is 0 Å². The highest BCUT2D eigenvalue weighted by molar-refractivity contribution is 5.91. The van der Waals surface area contributed by atoms with Crippen molar-refractivity contribution in [3.05, 3.63) is 12.2 Å². The predicted octanol–water partition coefficient (Wildman–Crippen LogP) is -0.268. The van der Waals surface area contributed by atoms with E-state index in [1.54, 1.807) is 13.1 Å². The lowest BCUT2D eigenvalue weighted by Crippen LogP contribution is -2.51. The Hall–Kier alpha value is -1.89. The van der Waals surface area contributed by atoms with Crippen LogP contribution in [-0.4, -0.2) is 60.0 Å². The van der Waals surface area contributed by atoms with Crippen molar-refractivity contribution in [1.29, 1.82) is 0 Å². The summed E-state index contributed by atoms with van der Waals surface area (Å²) in [6, 6.07) is -1.64. The van der Waals surface area contributed by atoms with Gasteiger partial charge in [0, 0.05) is 6.54 Å². The van der Waals surface area contributed by atoms with Gasteiger partial charge in [-0.1, -0.05) is 19.1 Å². The molecule has 0 aliphatic carbocycles. The minimum absolute atomic E-state index is 0.147. The van der Waals surface area contributed by atoms with E-state index in [-0.39, 0.29) is 12.5 Å². The topological polar surface area (TPSA) is 98.7 Å². The lowest BCUT2D eigenvalue weighted by Gasteiger charge is -2.24. The number of hydrogen-bond acceptors (Lipinski definition) is 4. The van der Waals surface area contributed by atoms with Crippen LogP contribution in [0.5, 0.6) is 0 Å². The Bertz CT molecular complexity index is 422. The SMILES string of the molecule is CC/C=C\C(NC(=O)C1CCCN1C(=O)CNC)C(=O)O. The highest BCUT2D eigenvalue weighted by Crippen LogP contribution is 2.17. The third kappa shape index (κ3) is 4.86. The molecule has 21 heavy (non-hydrogen) atoms. The van der Waals surface area contributed by atoms with E-state index in [0.717, 1.165) is 6.42 Å². The summed E-state index contributed by atoms with van der Waals surface area (Å²) in [7, 11) is 1.67. The van der Waals surface area contributed by atoms with Gasteiger partial charge in [0.05, 0.1) is 6.54 Å². The first-order chi connectivity index (χ1) is 10.0. The fourth-order valence-corrected chi connectivity index (χ4v) is 2.30. The van der Waals surface area contributed by atoms with Crippen LogP contribution in [0.15, 0.2) is 12.2 Å². The van der Waals surface area contributed by atoms with E-state index in [1.165, 1.54) is 11.0 Å². The van der Waals surface area contributed by atoms with Crippen LogP contribution in [0.2, 0.25) is 0 Å². The first kappa shape index (κ1) is 17.2. The number of amides is 2. The minimum atomic E-state index is -1.11. The molecule has 0 bridgehead atoms. The van der Waals surface area contributed by atoms with Crippen molar-refractivity contribution in [3.63, 3.8) is 0 Å². The summed E-state index contributed by atoms with van der Waals surface area (Å²) in [5.41, 5.74) is 0. The van der Waals surface area contributed by atoms with Crippen LogP contribution in [0.1, 0.15) is 26.2 Å². The molecule has 1 rings (SSSR count). The third-order valence-electron chi connectivity index (χ3n) is 3.33. The van der Waals surface area contributed by atoms with Gasteiger partial charge in [-0.2, -0.15) is 0 Å². The predicted molar refractivity (Wildman–Crippen MR) is 77.7 cm³/mol. The molecule has 0 radical (unpaired) electrons. The maximum Gasteiger partial charge on any atom is 0.330 e. The van der Waals surface area contributed by atoms with Crippen molar-refractivity contribution in [2.75, 3.05) is 20.1 Å². The molecule has 118 valence electrons. The molecular weight excluding hydrogens is 274 g/mol. The number of nitrogens with zero attached hydrogens (tertiary/aromatic N) is 1. The summed E-state index contributed by atoms with van der Waals surface area (Å²) < 4.78 is 0. The second kappa shape index (κ2) is 8.41. The number of rotatable bonds is 7. The Morgan fingerprint density at radius 2 is 2.14 bits per heavy atom. The molecule has 7 nitrogen and oxygen atoms in total. The second-order valence-corrected chi connectivity index (χ2v) is 4.94. The van der Waals surface area contributed by atoms with E-state index < -0.39 is 24.0 Å². The van der Waals surface area contributed by atoms with Crippen LogP contribution in [0, 0.1) is 0 Å². The monoisotopic (exact) mass is 297 g/mol. The zero-order chi connectivity index (χ0) is 15.8. The molecule has 1 fully saturated rings. The van der Waals surface area contributed by atoms with E-state index in [9.17, 15) is 14.4 Å². The molecule has 2 unspecified atom stereocenters. The van der Waals surface area contributed by atoms with Crippen molar-refractivity contribution in [2.24, 2.45) is 0 Å². The Kier molecular flexibility index (Phi) is 6.87. The molecule has 0 aromatic carbocycles. The van der Waals surface area contributed by atoms with Gasteiger partial charge in [-0.05, 0) is 26.3 Å². The largest absolute Gasteiger partial charge is 0.479 e. The average Bonchev–Trinajstić information content (AvgIpc) is 2.92. The molecule has 0 spiro atoms. The quantitative estimate of drug-likeness (QED) is 0.562. The van der Waals surface area contributed by atoms with Crippen molar-refractivity contribution in [2.45, 2.75) is 38.3 Å². The van der Waals surface area contributed by atoms with Crippen molar-refractivity contribution in [3.8, 4) is 0 Å². The van der Waals surface area contributed by atoms with E-state index >= 15 is 0 Å². The van der Waals surface area contributed by atoms with E-state index in [2.05, 4.69) is 10.6 Å². The van der Waals surface area contributed by atoms with Crippen LogP contribution in [0.4, 0.5) is 0 Å². The molecule has 0 aromatic rings. The molecule has 1 aliphatic heterocycles. The zero-order valence-electron chi connectivity index (χ0n) is 12.5. The molecule has 0 saturated carbocycles. The van der Waals surface area contributed by atoms with Gasteiger partial charge < -0.3 is 20.6 Å². The number of nitrogens with one attached hydrogen (secondary N) is 2. The van der Waals surface area contributed by atoms with Gasteiger partial charge in [0.2, 0.25) is 11.8 Å². The van der Waals surface area contributed by atoms with Crippen LogP contribution in [0.3, 0.4) is 0 Å². The number of carbonyl (C=O) groups excluding carboxylic acids is 2. The van der Waals surface area contributed by atoms with Gasteiger partial charge in [-0.25, -0.2) is 4.79 Å². The Morgan fingerprint density at radius 3 is 2.71 bits per heavy atom. The van der Waals surface area contributed by atoms with Gasteiger partial charge in [0.25, 0.3) is 0 Å². The molecular formula is C14H23N3O4. The molecule has 1 saturated heterocycles. The number of aliphatic carboxylic acids is 1. The van der Waals surface area contributed by atoms with Crippen LogP contribution in [0.25, 0.3) is 0 Å². The van der Waals surface area contributed by atoms with Crippen molar-refractivity contribution in [1.82, 2.24) is 15.5 Å². The summed E-state index contributed by atoms with van der Waals surface area (Å²) >= 11 is 0. The first-order valence-corrected chi connectivity index (χ1v) is 7.15. The highest BCUT2D eigenvalue weighted by atomic mass is 16.4. The van der Waals surface area contributed by atoms with Gasteiger partial charge in [-0.3, -0.25) is 9.59 Å². The Morgan fingerprint density at radius 1 is 1.43 bits per heavy atom. The van der Waals surface area contributed by atoms with Gasteiger partial charge >= 0.3 is 5.97 Å². The number of likely N-dealkylation sites (N-methyl/N-ethyl adjacent to an activating group) is 1.